The van der Waals surface area contributed by atoms with Gasteiger partial charge in [-0.15, -0.1) is 0 Å². The second kappa shape index (κ2) is 19.5. The summed E-state index contributed by atoms with van der Waals surface area (Å²) < 4.78 is 11.3. The van der Waals surface area contributed by atoms with Crippen molar-refractivity contribution in [3.05, 3.63) is 80.7 Å². The van der Waals surface area contributed by atoms with Gasteiger partial charge in [-0.25, -0.2) is 0 Å². The number of nitrogens with zero attached hydrogens (tertiary/aromatic N) is 2. The molecule has 6 fully saturated rings. The summed E-state index contributed by atoms with van der Waals surface area (Å²) in [5.74, 6) is 1.01. The maximum atomic E-state index is 12.7. The standard InChI is InChI=1S/C35H51NO4.C31H45NO2.2CH4/c1-22-25-11-12-28-33(6,26(25)19-27(39-23(2)37)30(22)40-24(3)38)16-18-35(8)29-20-31(4,21-36(9)10)13-14-32(29,5)15-17-34(28,35)7;1-20-21-9-10-24-29(4,22(21)17-23(33)26(20)34)14-16-31(6)25-18-27(2,19-32(7)8)11-12-28(25,3)13-15-30(24,31)5;;/h12,19,29H,11,13-18,20-21H2,1-10H3;9-10,17,25,34H,11-16,18-19H2,1-8H3;2*1H4/t29-,31-,32-,33+,34-,35+;25-,27-,28-,29+,30-,31+;;/m11../s1. The third-order valence-electron chi connectivity index (χ3n) is 24.0. The van der Waals surface area contributed by atoms with E-state index in [4.69, 9.17) is 9.47 Å². The number of benzene rings is 1. The highest BCUT2D eigenvalue weighted by molar-refractivity contribution is 6.06. The maximum absolute atomic E-state index is 12.7. The average Bonchev–Trinajstić information content (AvgIpc) is 3.30. The fourth-order valence-corrected chi connectivity index (χ4v) is 19.6. The van der Waals surface area contributed by atoms with Gasteiger partial charge in [-0.3, -0.25) is 14.4 Å². The number of fused-ring (bicyclic) bond motifs is 14. The number of rotatable bonds is 6. The molecular formula is C68H104N2O6. The molecule has 0 bridgehead atoms. The Bertz CT molecular complexity index is 2720. The Labute approximate surface area is 462 Å². The van der Waals surface area contributed by atoms with Gasteiger partial charge in [0.05, 0.1) is 0 Å². The minimum absolute atomic E-state index is 0. The van der Waals surface area contributed by atoms with Crippen LogP contribution in [-0.2, 0) is 26.2 Å². The Balaban J connectivity index is 0.000000218. The number of carbonyl (C=O) groups is 3. The molecule has 9 aliphatic carbocycles. The van der Waals surface area contributed by atoms with Crippen molar-refractivity contribution in [2.45, 2.75) is 214 Å². The first-order valence-corrected chi connectivity index (χ1v) is 28.8. The number of hydrogen-bond donors (Lipinski definition) is 1. The van der Waals surface area contributed by atoms with Gasteiger partial charge in [-0.1, -0.05) is 113 Å². The number of ether oxygens (including phenoxy) is 2. The minimum atomic E-state index is -0.408. The van der Waals surface area contributed by atoms with Crippen molar-refractivity contribution >= 4 is 17.7 Å². The highest BCUT2D eigenvalue weighted by Gasteiger charge is 2.68. The highest BCUT2D eigenvalue weighted by Crippen LogP contribution is 2.77. The number of carbonyl (C=O) groups excluding carboxylic acids is 3. The molecule has 0 unspecified atom stereocenters. The lowest BCUT2D eigenvalue weighted by Gasteiger charge is -2.70. The summed E-state index contributed by atoms with van der Waals surface area (Å²) in [5, 5.41) is 10.3. The Morgan fingerprint density at radius 1 is 0.632 bits per heavy atom. The van der Waals surface area contributed by atoms with Crippen LogP contribution < -0.4 is 9.47 Å². The van der Waals surface area contributed by atoms with E-state index in [-0.39, 0.29) is 58.9 Å². The largest absolute Gasteiger partial charge is 0.504 e. The predicted octanol–water partition coefficient (Wildman–Crippen LogP) is 16.0. The zero-order valence-corrected chi connectivity index (χ0v) is 49.4. The second-order valence-electron chi connectivity index (χ2n) is 29.5. The molecule has 0 aromatic heterocycles. The van der Waals surface area contributed by atoms with E-state index in [9.17, 15) is 19.5 Å². The van der Waals surface area contributed by atoms with Crippen molar-refractivity contribution in [3.63, 3.8) is 0 Å². The van der Waals surface area contributed by atoms with Crippen LogP contribution in [0.1, 0.15) is 211 Å². The summed E-state index contributed by atoms with van der Waals surface area (Å²) in [7, 11) is 8.89. The molecule has 10 rings (SSSR count). The van der Waals surface area contributed by atoms with Crippen molar-refractivity contribution in [1.29, 1.82) is 0 Å². The molecule has 0 radical (unpaired) electrons. The number of aliphatic hydroxyl groups is 1. The van der Waals surface area contributed by atoms with Gasteiger partial charge in [0.15, 0.2) is 17.3 Å². The summed E-state index contributed by atoms with van der Waals surface area (Å²) in [5.41, 5.74) is 11.4. The van der Waals surface area contributed by atoms with Gasteiger partial charge in [-0.2, -0.15) is 0 Å². The summed E-state index contributed by atoms with van der Waals surface area (Å²) in [6.07, 6.45) is 27.2. The van der Waals surface area contributed by atoms with E-state index in [1.807, 2.05) is 19.9 Å². The van der Waals surface area contributed by atoms with E-state index in [1.54, 1.807) is 11.6 Å². The summed E-state index contributed by atoms with van der Waals surface area (Å²) in [6.45, 7) is 34.4. The summed E-state index contributed by atoms with van der Waals surface area (Å²) in [6, 6.07) is 2.02. The van der Waals surface area contributed by atoms with Gasteiger partial charge in [0.1, 0.15) is 0 Å². The van der Waals surface area contributed by atoms with Crippen LogP contribution in [0.25, 0.3) is 0 Å². The highest BCUT2D eigenvalue weighted by atomic mass is 16.6. The van der Waals surface area contributed by atoms with Gasteiger partial charge >= 0.3 is 11.9 Å². The van der Waals surface area contributed by atoms with Crippen LogP contribution in [0.4, 0.5) is 0 Å². The zero-order chi connectivity index (χ0) is 54.4. The van der Waals surface area contributed by atoms with Gasteiger partial charge in [0.25, 0.3) is 0 Å². The fourth-order valence-electron chi connectivity index (χ4n) is 19.6. The van der Waals surface area contributed by atoms with Crippen molar-refractivity contribution in [1.82, 2.24) is 9.80 Å². The molecule has 0 amide bonds. The molecule has 6 saturated carbocycles. The van der Waals surface area contributed by atoms with Crippen LogP contribution in [0.3, 0.4) is 0 Å². The van der Waals surface area contributed by atoms with Crippen LogP contribution in [0.5, 0.6) is 11.5 Å². The van der Waals surface area contributed by atoms with E-state index in [1.165, 1.54) is 114 Å². The van der Waals surface area contributed by atoms with E-state index >= 15 is 0 Å². The first-order valence-electron chi connectivity index (χ1n) is 28.8. The molecular weight excluding hydrogens is 941 g/mol. The summed E-state index contributed by atoms with van der Waals surface area (Å²) in [4.78, 5) is 41.5. The third-order valence-corrected chi connectivity index (χ3v) is 24.0. The third kappa shape index (κ3) is 8.93. The van der Waals surface area contributed by atoms with Gasteiger partial charge in [0, 0.05) is 43.3 Å². The summed E-state index contributed by atoms with van der Waals surface area (Å²) >= 11 is 0. The first-order chi connectivity index (χ1) is 34.2. The molecule has 76 heavy (non-hydrogen) atoms. The number of aliphatic hydroxyl groups excluding tert-OH is 1. The molecule has 0 heterocycles. The topological polar surface area (TPSA) is 96.4 Å². The predicted molar refractivity (Wildman–Crippen MR) is 313 cm³/mol. The number of hydrogen-bond acceptors (Lipinski definition) is 8. The average molecular weight is 1050 g/mol. The fraction of sp³-hybridized carbons (Fsp3) is 0.721. The number of esters is 2. The molecule has 8 nitrogen and oxygen atoms in total. The molecule has 1 aromatic carbocycles. The lowest BCUT2D eigenvalue weighted by atomic mass is 9.34. The van der Waals surface area contributed by atoms with E-state index in [0.29, 0.717) is 45.0 Å². The molecule has 9 aliphatic rings. The molecule has 0 aliphatic heterocycles. The maximum Gasteiger partial charge on any atom is 0.308 e. The molecule has 0 spiro atoms. The van der Waals surface area contributed by atoms with Crippen molar-refractivity contribution in [2.75, 3.05) is 41.3 Å². The smallest absolute Gasteiger partial charge is 0.308 e. The van der Waals surface area contributed by atoms with Gasteiger partial charge in [-0.05, 0) is 233 Å². The Morgan fingerprint density at radius 3 is 1.59 bits per heavy atom. The molecule has 12 atom stereocenters. The second-order valence-corrected chi connectivity index (χ2v) is 29.5. The van der Waals surface area contributed by atoms with Crippen LogP contribution >= 0.6 is 0 Å². The number of allylic oxidation sites excluding steroid dienone is 9. The molecule has 1 N–H and O–H groups in total. The van der Waals surface area contributed by atoms with E-state index in [2.05, 4.69) is 125 Å². The van der Waals surface area contributed by atoms with E-state index in [0.717, 1.165) is 48.1 Å². The van der Waals surface area contributed by atoms with Gasteiger partial charge < -0.3 is 24.4 Å². The van der Waals surface area contributed by atoms with Crippen molar-refractivity contribution < 1.29 is 29.0 Å². The lowest BCUT2D eigenvalue weighted by molar-refractivity contribution is -0.162. The van der Waals surface area contributed by atoms with Crippen molar-refractivity contribution in [2.24, 2.45) is 60.6 Å². The molecule has 422 valence electrons. The van der Waals surface area contributed by atoms with Crippen LogP contribution in [0.2, 0.25) is 0 Å². The molecule has 1 aromatic rings. The quantitative estimate of drug-likeness (QED) is 0.171. The SMILES string of the molecule is C.C.CC(=O)Oc1cc2c(c(C)c1OC(C)=O)CC=C1[C@@]2(C)CC[C@@]2(C)[C@@H]3C[C@](C)(CN(C)C)CC[C@]3(C)CC[C@]12C.CC1=C(O)C(=O)C=C2C1=CC=C1[C@@]2(C)CC[C@@]2(C)[C@@H]3C[C@](C)(CN(C)C)CC[C@]3(C)CC[C@]12C. The molecule has 8 heteroatoms. The normalized spacial score (nSPS) is 40.8. The van der Waals surface area contributed by atoms with Gasteiger partial charge in [0.2, 0.25) is 5.78 Å². The number of ketones is 1. The van der Waals surface area contributed by atoms with Crippen molar-refractivity contribution in [3.8, 4) is 11.5 Å². The minimum Gasteiger partial charge on any atom is -0.504 e. The zero-order valence-electron chi connectivity index (χ0n) is 49.4. The Morgan fingerprint density at radius 2 is 1.11 bits per heavy atom. The lowest BCUT2D eigenvalue weighted by Crippen LogP contribution is -2.62. The molecule has 0 saturated heterocycles. The first kappa shape index (κ1) is 59.9. The van der Waals surface area contributed by atoms with E-state index < -0.39 is 11.9 Å². The monoisotopic (exact) mass is 1040 g/mol. The Kier molecular flexibility index (Phi) is 15.4. The van der Waals surface area contributed by atoms with Crippen LogP contribution in [-0.4, -0.2) is 73.9 Å². The van der Waals surface area contributed by atoms with Crippen LogP contribution in [0, 0.1) is 67.5 Å². The van der Waals surface area contributed by atoms with Crippen LogP contribution in [0.15, 0.2) is 64.0 Å². The Hall–Kier alpha value is -3.75.